The molecule has 0 aliphatic heterocycles. The first-order valence-corrected chi connectivity index (χ1v) is 9.19. The first kappa shape index (κ1) is 16.5. The second-order valence-corrected chi connectivity index (χ2v) is 8.25. The van der Waals surface area contributed by atoms with Gasteiger partial charge < -0.3 is 10.1 Å². The molecule has 0 bridgehead atoms. The third-order valence-corrected chi connectivity index (χ3v) is 6.62. The molecular weight excluding hydrogens is 308 g/mol. The minimum atomic E-state index is -2.50. The van der Waals surface area contributed by atoms with Crippen LogP contribution in [-0.4, -0.2) is 31.7 Å². The Balaban J connectivity index is 1.38. The summed E-state index contributed by atoms with van der Waals surface area (Å²) in [4.78, 5) is 0. The molecule has 0 amide bonds. The third kappa shape index (κ3) is 2.99. The van der Waals surface area contributed by atoms with Crippen molar-refractivity contribution in [1.29, 1.82) is 0 Å². The second kappa shape index (κ2) is 6.06. The molecule has 0 saturated heterocycles. The van der Waals surface area contributed by atoms with E-state index in [9.17, 15) is 8.78 Å². The molecule has 0 radical (unpaired) electrons. The molecular formula is C20H27F2NO. The van der Waals surface area contributed by atoms with Gasteiger partial charge in [-0.15, -0.1) is 0 Å². The lowest BCUT2D eigenvalue weighted by Gasteiger charge is -2.48. The highest BCUT2D eigenvalue weighted by molar-refractivity contribution is 5.31. The zero-order valence-corrected chi connectivity index (χ0v) is 14.3. The molecule has 3 fully saturated rings. The number of alkyl halides is 2. The number of fused-ring (bicyclic) bond motifs is 1. The quantitative estimate of drug-likeness (QED) is 0.873. The number of hydrogen-bond acceptors (Lipinski definition) is 2. The summed E-state index contributed by atoms with van der Waals surface area (Å²) in [5, 5.41) is 3.65. The van der Waals surface area contributed by atoms with Crippen LogP contribution in [0.1, 0.15) is 44.1 Å². The lowest BCUT2D eigenvalue weighted by molar-refractivity contribution is -0.126. The van der Waals surface area contributed by atoms with E-state index in [1.807, 2.05) is 37.4 Å². The smallest absolute Gasteiger partial charge is 0.250 e. The second-order valence-electron chi connectivity index (χ2n) is 8.25. The fourth-order valence-corrected chi connectivity index (χ4v) is 5.42. The third-order valence-electron chi connectivity index (χ3n) is 6.62. The van der Waals surface area contributed by atoms with Crippen molar-refractivity contribution in [2.24, 2.45) is 11.8 Å². The van der Waals surface area contributed by atoms with Crippen LogP contribution in [0.3, 0.4) is 0 Å². The topological polar surface area (TPSA) is 21.3 Å². The molecule has 0 heterocycles. The van der Waals surface area contributed by atoms with E-state index in [0.29, 0.717) is 18.7 Å². The summed E-state index contributed by atoms with van der Waals surface area (Å²) in [6, 6.07) is 10.3. The Morgan fingerprint density at radius 2 is 1.67 bits per heavy atom. The summed E-state index contributed by atoms with van der Waals surface area (Å²) >= 11 is 0. The summed E-state index contributed by atoms with van der Waals surface area (Å²) in [6.07, 6.45) is 5.06. The molecule has 4 heteroatoms. The van der Waals surface area contributed by atoms with Crippen molar-refractivity contribution in [1.82, 2.24) is 5.32 Å². The van der Waals surface area contributed by atoms with Gasteiger partial charge in [0, 0.05) is 38.0 Å². The first-order chi connectivity index (χ1) is 11.5. The largest absolute Gasteiger partial charge is 0.381 e. The number of benzene rings is 1. The van der Waals surface area contributed by atoms with Crippen LogP contribution >= 0.6 is 0 Å². The predicted molar refractivity (Wildman–Crippen MR) is 90.3 cm³/mol. The summed E-state index contributed by atoms with van der Waals surface area (Å²) in [5.41, 5.74) is 0.665. The van der Waals surface area contributed by atoms with E-state index < -0.39 is 11.3 Å². The van der Waals surface area contributed by atoms with E-state index in [-0.39, 0.29) is 12.8 Å². The highest BCUT2D eigenvalue weighted by Crippen LogP contribution is 2.53. The van der Waals surface area contributed by atoms with Gasteiger partial charge in [-0.05, 0) is 43.1 Å². The Morgan fingerprint density at radius 3 is 2.21 bits per heavy atom. The number of halogens is 2. The number of methoxy groups -OCH3 is 1. The maximum atomic E-state index is 13.6. The zero-order chi connectivity index (χ0) is 16.8. The SMILES string of the molecule is COC1C[C@H]2CC(NCC3(c4ccccc4)CC(F)(F)C3)C[C@H]2C1. The standard InChI is InChI=1S/C20H27F2NO/c1-24-18-9-14-7-17(8-15(14)10-18)23-13-19(11-20(21,22)12-19)16-5-3-2-4-6-16/h2-6,14-15,17-18,23H,7-13H2,1H3/t14-,15+,17?,18?. The molecule has 4 rings (SSSR count). The average Bonchev–Trinajstić information content (AvgIpc) is 3.09. The van der Waals surface area contributed by atoms with Gasteiger partial charge in [0.05, 0.1) is 6.10 Å². The number of hydrogen-bond donors (Lipinski definition) is 1. The molecule has 2 unspecified atom stereocenters. The highest BCUT2D eigenvalue weighted by atomic mass is 19.3. The molecule has 132 valence electrons. The average molecular weight is 335 g/mol. The van der Waals surface area contributed by atoms with Crippen molar-refractivity contribution in [2.45, 2.75) is 62.0 Å². The van der Waals surface area contributed by atoms with Crippen LogP contribution < -0.4 is 5.32 Å². The van der Waals surface area contributed by atoms with Crippen LogP contribution in [0.15, 0.2) is 30.3 Å². The van der Waals surface area contributed by atoms with Gasteiger partial charge in [-0.2, -0.15) is 0 Å². The van der Waals surface area contributed by atoms with Crippen molar-refractivity contribution >= 4 is 0 Å². The van der Waals surface area contributed by atoms with E-state index >= 15 is 0 Å². The minimum absolute atomic E-state index is 0.0255. The Kier molecular flexibility index (Phi) is 4.16. The van der Waals surface area contributed by atoms with Crippen molar-refractivity contribution < 1.29 is 13.5 Å². The minimum Gasteiger partial charge on any atom is -0.381 e. The highest BCUT2D eigenvalue weighted by Gasteiger charge is 2.57. The van der Waals surface area contributed by atoms with Gasteiger partial charge in [-0.25, -0.2) is 8.78 Å². The Labute approximate surface area is 143 Å². The normalized spacial score (nSPS) is 31.8. The van der Waals surface area contributed by atoms with Crippen LogP contribution in [0.25, 0.3) is 0 Å². The summed E-state index contributed by atoms with van der Waals surface area (Å²) in [7, 11) is 1.81. The Bertz CT molecular complexity index is 554. The fourth-order valence-electron chi connectivity index (χ4n) is 5.42. The fraction of sp³-hybridized carbons (Fsp3) is 0.700. The van der Waals surface area contributed by atoms with Crippen LogP contribution in [0.4, 0.5) is 8.78 Å². The maximum Gasteiger partial charge on any atom is 0.250 e. The molecule has 2 nitrogen and oxygen atoms in total. The summed E-state index contributed by atoms with van der Waals surface area (Å²) < 4.78 is 32.8. The molecule has 1 aromatic rings. The van der Waals surface area contributed by atoms with Crippen LogP contribution in [0.2, 0.25) is 0 Å². The van der Waals surface area contributed by atoms with Gasteiger partial charge >= 0.3 is 0 Å². The van der Waals surface area contributed by atoms with Gasteiger partial charge in [0.25, 0.3) is 0 Å². The summed E-state index contributed by atoms with van der Waals surface area (Å²) in [5.74, 6) is -0.999. The van der Waals surface area contributed by atoms with Gasteiger partial charge in [0.1, 0.15) is 0 Å². The van der Waals surface area contributed by atoms with Gasteiger partial charge in [-0.1, -0.05) is 30.3 Å². The molecule has 0 aromatic heterocycles. The van der Waals surface area contributed by atoms with Crippen molar-refractivity contribution in [3.63, 3.8) is 0 Å². The molecule has 24 heavy (non-hydrogen) atoms. The molecule has 1 N–H and O–H groups in total. The van der Waals surface area contributed by atoms with Gasteiger partial charge in [0.15, 0.2) is 0 Å². The van der Waals surface area contributed by atoms with Crippen molar-refractivity contribution in [2.75, 3.05) is 13.7 Å². The van der Waals surface area contributed by atoms with Crippen molar-refractivity contribution in [3.8, 4) is 0 Å². The molecule has 1 aromatic carbocycles. The molecule has 3 saturated carbocycles. The van der Waals surface area contributed by atoms with E-state index in [2.05, 4.69) is 5.32 Å². The molecule has 4 atom stereocenters. The van der Waals surface area contributed by atoms with Gasteiger partial charge in [-0.3, -0.25) is 0 Å². The summed E-state index contributed by atoms with van der Waals surface area (Å²) in [6.45, 7) is 0.671. The van der Waals surface area contributed by atoms with E-state index in [1.165, 1.54) is 25.7 Å². The van der Waals surface area contributed by atoms with E-state index in [1.54, 1.807) is 0 Å². The lowest BCUT2D eigenvalue weighted by atomic mass is 9.62. The number of nitrogens with one attached hydrogen (secondary N) is 1. The van der Waals surface area contributed by atoms with E-state index in [4.69, 9.17) is 4.74 Å². The molecule has 3 aliphatic rings. The van der Waals surface area contributed by atoms with E-state index in [0.717, 1.165) is 17.4 Å². The predicted octanol–water partition coefficient (Wildman–Crippen LogP) is 4.15. The van der Waals surface area contributed by atoms with Crippen LogP contribution in [-0.2, 0) is 10.2 Å². The lowest BCUT2D eigenvalue weighted by Crippen LogP contribution is -2.55. The van der Waals surface area contributed by atoms with Crippen molar-refractivity contribution in [3.05, 3.63) is 35.9 Å². The Morgan fingerprint density at radius 1 is 1.04 bits per heavy atom. The number of rotatable bonds is 5. The number of ether oxygens (including phenoxy) is 1. The Hall–Kier alpha value is -1.00. The molecule has 3 aliphatic carbocycles. The first-order valence-electron chi connectivity index (χ1n) is 9.19. The molecule has 0 spiro atoms. The monoisotopic (exact) mass is 335 g/mol. The maximum absolute atomic E-state index is 13.6. The van der Waals surface area contributed by atoms with Crippen LogP contribution in [0, 0.1) is 11.8 Å². The zero-order valence-electron chi connectivity index (χ0n) is 14.3. The van der Waals surface area contributed by atoms with Crippen LogP contribution in [0.5, 0.6) is 0 Å². The van der Waals surface area contributed by atoms with Gasteiger partial charge in [0.2, 0.25) is 5.92 Å².